The molecule has 10 nitrogen and oxygen atoms in total. The van der Waals surface area contributed by atoms with Crippen molar-refractivity contribution in [2.45, 2.75) is 17.9 Å². The van der Waals surface area contributed by atoms with Crippen LogP contribution in [0.25, 0.3) is 11.0 Å². The van der Waals surface area contributed by atoms with Gasteiger partial charge in [-0.05, 0) is 35.9 Å². The fraction of sp³-hybridized carbons (Fsp3) is 0.286. The number of aryl methyl sites for hydroxylation is 2. The fourth-order valence-electron chi connectivity index (χ4n) is 3.44. The Morgan fingerprint density at radius 1 is 0.969 bits per heavy atom. The summed E-state index contributed by atoms with van der Waals surface area (Å²) in [6.45, 7) is 0.379. The monoisotopic (exact) mass is 459 g/mol. The van der Waals surface area contributed by atoms with Crippen molar-refractivity contribution >= 4 is 26.8 Å². The van der Waals surface area contributed by atoms with Crippen LogP contribution in [0.2, 0.25) is 0 Å². The van der Waals surface area contributed by atoms with Crippen LogP contribution in [-0.4, -0.2) is 36.0 Å². The number of hydrogen-bond acceptors (Lipinski definition) is 7. The van der Waals surface area contributed by atoms with Crippen LogP contribution in [0.5, 0.6) is 11.5 Å². The summed E-state index contributed by atoms with van der Waals surface area (Å²) >= 11 is 0. The summed E-state index contributed by atoms with van der Waals surface area (Å²) in [5, 5.41) is 2.69. The lowest BCUT2D eigenvalue weighted by atomic mass is 10.2. The summed E-state index contributed by atoms with van der Waals surface area (Å²) < 4.78 is 38.4. The van der Waals surface area contributed by atoms with E-state index >= 15 is 0 Å². The van der Waals surface area contributed by atoms with Gasteiger partial charge >= 0.3 is 11.1 Å². The van der Waals surface area contributed by atoms with Gasteiger partial charge in [0, 0.05) is 27.1 Å². The highest BCUT2D eigenvalue weighted by Gasteiger charge is 2.19. The van der Waals surface area contributed by atoms with Crippen LogP contribution in [0.4, 0.5) is 0 Å². The van der Waals surface area contributed by atoms with E-state index in [0.717, 1.165) is 10.1 Å². The van der Waals surface area contributed by atoms with Gasteiger partial charge in [-0.3, -0.25) is 14.4 Å². The van der Waals surface area contributed by atoms with E-state index in [9.17, 15) is 22.8 Å². The number of aromatic nitrogens is 2. The van der Waals surface area contributed by atoms with E-state index in [2.05, 4.69) is 5.32 Å². The lowest BCUT2D eigenvalue weighted by Gasteiger charge is -2.11. The van der Waals surface area contributed by atoms with Gasteiger partial charge < -0.3 is 23.9 Å². The molecule has 1 aliphatic heterocycles. The predicted molar refractivity (Wildman–Crippen MR) is 116 cm³/mol. The Morgan fingerprint density at radius 2 is 1.66 bits per heavy atom. The zero-order valence-corrected chi connectivity index (χ0v) is 18.3. The molecular formula is C21H21N3O7S. The molecule has 0 atom stereocenters. The second kappa shape index (κ2) is 8.15. The van der Waals surface area contributed by atoms with E-state index in [1.807, 2.05) is 0 Å². The summed E-state index contributed by atoms with van der Waals surface area (Å²) in [5.74, 6) is 0.425. The molecule has 2 aromatic carbocycles. The molecular weight excluding hydrogens is 438 g/mol. The van der Waals surface area contributed by atoms with E-state index in [1.54, 1.807) is 18.2 Å². The molecule has 1 aromatic heterocycles. The number of hydrogen-bond donors (Lipinski definition) is 1. The summed E-state index contributed by atoms with van der Waals surface area (Å²) in [7, 11) is -0.933. The molecule has 0 bridgehead atoms. The van der Waals surface area contributed by atoms with E-state index in [1.165, 1.54) is 36.9 Å². The molecule has 3 aromatic rings. The molecule has 1 N–H and O–H groups in total. The minimum atomic E-state index is -3.79. The van der Waals surface area contributed by atoms with Crippen LogP contribution in [0.3, 0.4) is 0 Å². The molecule has 0 unspecified atom stereocenters. The van der Waals surface area contributed by atoms with E-state index < -0.39 is 32.6 Å². The number of ether oxygens (including phenoxy) is 2. The van der Waals surface area contributed by atoms with Crippen LogP contribution in [-0.2, 0) is 35.3 Å². The lowest BCUT2D eigenvalue weighted by molar-refractivity contribution is -0.120. The normalized spacial score (nSPS) is 12.8. The molecule has 2 heterocycles. The first-order valence-corrected chi connectivity index (χ1v) is 11.4. The van der Waals surface area contributed by atoms with Crippen molar-refractivity contribution in [1.82, 2.24) is 14.5 Å². The molecule has 0 radical (unpaired) electrons. The van der Waals surface area contributed by atoms with Gasteiger partial charge in [0.1, 0.15) is 0 Å². The number of nitrogens with one attached hydrogen (secondary N) is 1. The van der Waals surface area contributed by atoms with Gasteiger partial charge in [0.15, 0.2) is 21.3 Å². The highest BCUT2D eigenvalue weighted by molar-refractivity contribution is 7.91. The third kappa shape index (κ3) is 3.98. The summed E-state index contributed by atoms with van der Waals surface area (Å²) in [4.78, 5) is 36.2. The van der Waals surface area contributed by atoms with Gasteiger partial charge in [0.05, 0.1) is 21.7 Å². The number of benzene rings is 2. The second-order valence-electron chi connectivity index (χ2n) is 7.41. The topological polar surface area (TPSA) is 126 Å². The van der Waals surface area contributed by atoms with Crippen LogP contribution in [0.15, 0.2) is 50.9 Å². The highest BCUT2D eigenvalue weighted by Crippen LogP contribution is 2.32. The van der Waals surface area contributed by atoms with Gasteiger partial charge in [-0.2, -0.15) is 0 Å². The number of fused-ring (bicyclic) bond motifs is 2. The maximum Gasteiger partial charge on any atom is 0.316 e. The molecule has 1 amide bonds. The third-order valence-electron chi connectivity index (χ3n) is 5.35. The average molecular weight is 459 g/mol. The number of carbonyl (C=O) groups excluding carboxylic acids is 1. The standard InChI is InChI=1S/C21H21N3O7S/c1-23-15-5-4-14(10-16(15)24(2)21(27)20(23)26)32(28,29)8-7-19(25)22-11-13-3-6-17-18(9-13)31-12-30-17/h3-6,9-10H,7-8,11-12H2,1-2H3,(H,22,25). The Kier molecular flexibility index (Phi) is 5.51. The average Bonchev–Trinajstić information content (AvgIpc) is 3.26. The largest absolute Gasteiger partial charge is 0.454 e. The Hall–Kier alpha value is -3.60. The Morgan fingerprint density at radius 3 is 2.41 bits per heavy atom. The van der Waals surface area contributed by atoms with Crippen molar-refractivity contribution in [3.8, 4) is 11.5 Å². The van der Waals surface area contributed by atoms with Crippen molar-refractivity contribution in [2.75, 3.05) is 12.5 Å². The van der Waals surface area contributed by atoms with Crippen molar-refractivity contribution in [3.05, 3.63) is 62.7 Å². The van der Waals surface area contributed by atoms with Crippen molar-refractivity contribution in [1.29, 1.82) is 0 Å². The summed E-state index contributed by atoms with van der Waals surface area (Å²) in [6.07, 6.45) is -0.225. The second-order valence-corrected chi connectivity index (χ2v) is 9.52. The van der Waals surface area contributed by atoms with Gasteiger partial charge in [0.2, 0.25) is 12.7 Å². The SMILES string of the molecule is Cn1c(=O)c(=O)n(C)c2cc(S(=O)(=O)CCC(=O)NCc3ccc4c(c3)OCO4)ccc21. The van der Waals surface area contributed by atoms with Crippen LogP contribution < -0.4 is 25.9 Å². The maximum atomic E-state index is 12.8. The molecule has 1 aliphatic rings. The lowest BCUT2D eigenvalue weighted by Crippen LogP contribution is -2.39. The number of carbonyl (C=O) groups is 1. The van der Waals surface area contributed by atoms with E-state index in [-0.39, 0.29) is 24.7 Å². The van der Waals surface area contributed by atoms with Gasteiger partial charge in [-0.25, -0.2) is 8.42 Å². The van der Waals surface area contributed by atoms with E-state index in [0.29, 0.717) is 22.5 Å². The molecule has 168 valence electrons. The Labute approximate surface area is 182 Å². The minimum Gasteiger partial charge on any atom is -0.454 e. The van der Waals surface area contributed by atoms with Gasteiger partial charge in [-0.15, -0.1) is 0 Å². The third-order valence-corrected chi connectivity index (χ3v) is 7.06. The first kappa shape index (κ1) is 21.6. The Balaban J connectivity index is 1.45. The molecule has 4 rings (SSSR count). The maximum absolute atomic E-state index is 12.8. The molecule has 0 spiro atoms. The molecule has 0 saturated carbocycles. The number of amides is 1. The molecule has 0 saturated heterocycles. The van der Waals surface area contributed by atoms with Crippen molar-refractivity contribution in [2.24, 2.45) is 14.1 Å². The number of rotatable bonds is 6. The molecule has 32 heavy (non-hydrogen) atoms. The summed E-state index contributed by atoms with van der Waals surface area (Å²) in [5.41, 5.74) is 0.0849. The van der Waals surface area contributed by atoms with Crippen molar-refractivity contribution < 1.29 is 22.7 Å². The number of sulfone groups is 1. The first-order chi connectivity index (χ1) is 15.2. The Bertz CT molecular complexity index is 1450. The molecule has 0 aliphatic carbocycles. The summed E-state index contributed by atoms with van der Waals surface area (Å²) in [6, 6.07) is 9.48. The number of nitrogens with zero attached hydrogens (tertiary/aromatic N) is 2. The zero-order chi connectivity index (χ0) is 23.0. The molecule has 11 heteroatoms. The van der Waals surface area contributed by atoms with Gasteiger partial charge in [0.25, 0.3) is 0 Å². The van der Waals surface area contributed by atoms with Crippen LogP contribution in [0.1, 0.15) is 12.0 Å². The quantitative estimate of drug-likeness (QED) is 0.531. The molecule has 0 fully saturated rings. The first-order valence-electron chi connectivity index (χ1n) is 9.75. The zero-order valence-electron chi connectivity index (χ0n) is 17.5. The van der Waals surface area contributed by atoms with E-state index in [4.69, 9.17) is 9.47 Å². The predicted octanol–water partition coefficient (Wildman–Crippen LogP) is 0.446. The smallest absolute Gasteiger partial charge is 0.316 e. The van der Waals surface area contributed by atoms with Crippen molar-refractivity contribution in [3.63, 3.8) is 0 Å². The van der Waals surface area contributed by atoms with Crippen LogP contribution in [0, 0.1) is 0 Å². The minimum absolute atomic E-state index is 0.0257. The van der Waals surface area contributed by atoms with Crippen LogP contribution >= 0.6 is 0 Å². The van der Waals surface area contributed by atoms with Gasteiger partial charge in [-0.1, -0.05) is 6.07 Å². The fourth-order valence-corrected chi connectivity index (χ4v) is 4.70. The highest BCUT2D eigenvalue weighted by atomic mass is 32.2.